The summed E-state index contributed by atoms with van der Waals surface area (Å²) in [7, 11) is 4.69. The van der Waals surface area contributed by atoms with E-state index in [1.165, 1.54) is 4.90 Å². The normalized spacial score (nSPS) is 12.7. The number of hydrogen-bond acceptors (Lipinski definition) is 7. The van der Waals surface area contributed by atoms with Gasteiger partial charge < -0.3 is 14.2 Å². The molecular weight excluding hydrogens is 566 g/mol. The van der Waals surface area contributed by atoms with Crippen LogP contribution in [-0.4, -0.2) is 54.1 Å². The molecule has 4 aromatic rings. The summed E-state index contributed by atoms with van der Waals surface area (Å²) in [5.41, 5.74) is 1.96. The van der Waals surface area contributed by atoms with Crippen LogP contribution < -0.4 is 19.8 Å². The summed E-state index contributed by atoms with van der Waals surface area (Å²) in [4.78, 5) is 45.5. The molecule has 0 aliphatic carbocycles. The highest BCUT2D eigenvalue weighted by molar-refractivity contribution is 9.10. The number of fused-ring (bicyclic) bond motifs is 2. The van der Waals surface area contributed by atoms with Gasteiger partial charge in [-0.15, -0.1) is 0 Å². The lowest BCUT2D eigenvalue weighted by Gasteiger charge is -2.18. The molecule has 3 aromatic carbocycles. The number of ether oxygens (including phenoxy) is 3. The van der Waals surface area contributed by atoms with Crippen molar-refractivity contribution in [1.82, 2.24) is 14.5 Å². The monoisotopic (exact) mass is 591 g/mol. The number of imide groups is 1. The van der Waals surface area contributed by atoms with Crippen LogP contribution in [0.25, 0.3) is 10.9 Å². The average molecular weight is 592 g/mol. The minimum absolute atomic E-state index is 0.0916. The Kier molecular flexibility index (Phi) is 7.38. The van der Waals surface area contributed by atoms with E-state index in [4.69, 9.17) is 19.2 Å². The van der Waals surface area contributed by atoms with E-state index in [9.17, 15) is 14.4 Å². The van der Waals surface area contributed by atoms with Crippen LogP contribution in [0.3, 0.4) is 0 Å². The zero-order valence-electron chi connectivity index (χ0n) is 21.7. The Hall–Kier alpha value is -4.18. The molecule has 0 unspecified atom stereocenters. The molecule has 0 atom stereocenters. The maximum Gasteiger partial charge on any atom is 0.261 e. The molecule has 0 N–H and O–H groups in total. The highest BCUT2D eigenvalue weighted by atomic mass is 79.9. The van der Waals surface area contributed by atoms with Crippen LogP contribution in [0.15, 0.2) is 63.9 Å². The van der Waals surface area contributed by atoms with E-state index in [1.54, 1.807) is 62.3 Å². The lowest BCUT2D eigenvalue weighted by atomic mass is 10.1. The van der Waals surface area contributed by atoms with Crippen molar-refractivity contribution in [2.24, 2.45) is 0 Å². The first-order valence-corrected chi connectivity index (χ1v) is 13.1. The Morgan fingerprint density at radius 2 is 1.44 bits per heavy atom. The SMILES string of the molecule is COc1cc2nc(CCN3C(=O)c4ccccc4C3=O)n(CCc3ccc(OC)c(OC)c3)c(=O)c2cc1Br. The Morgan fingerprint density at radius 3 is 2.08 bits per heavy atom. The van der Waals surface area contributed by atoms with Crippen LogP contribution in [0, 0.1) is 0 Å². The van der Waals surface area contributed by atoms with Gasteiger partial charge in [0, 0.05) is 25.6 Å². The molecule has 1 aliphatic rings. The molecule has 1 aliphatic heterocycles. The fraction of sp³-hybridized carbons (Fsp3) is 0.241. The van der Waals surface area contributed by atoms with Gasteiger partial charge in [0.25, 0.3) is 17.4 Å². The number of carbonyl (C=O) groups is 2. The molecule has 0 saturated heterocycles. The van der Waals surface area contributed by atoms with E-state index in [0.717, 1.165) is 5.56 Å². The summed E-state index contributed by atoms with van der Waals surface area (Å²) in [6.07, 6.45) is 0.728. The molecule has 0 bridgehead atoms. The van der Waals surface area contributed by atoms with E-state index >= 15 is 0 Å². The minimum Gasteiger partial charge on any atom is -0.495 e. The maximum atomic E-state index is 13.7. The lowest BCUT2D eigenvalue weighted by molar-refractivity contribution is 0.0655. The highest BCUT2D eigenvalue weighted by Gasteiger charge is 2.35. The Morgan fingerprint density at radius 1 is 0.769 bits per heavy atom. The number of aryl methyl sites for hydroxylation is 1. The zero-order valence-corrected chi connectivity index (χ0v) is 23.3. The second-order valence-corrected chi connectivity index (χ2v) is 9.84. The number of carbonyl (C=O) groups excluding carboxylic acids is 2. The van der Waals surface area contributed by atoms with Gasteiger partial charge >= 0.3 is 0 Å². The third kappa shape index (κ3) is 4.87. The number of aromatic nitrogens is 2. The van der Waals surface area contributed by atoms with Crippen molar-refractivity contribution >= 4 is 38.6 Å². The summed E-state index contributed by atoms with van der Waals surface area (Å²) in [6, 6.07) is 15.8. The molecule has 1 aromatic heterocycles. The standard InChI is InChI=1S/C29H26BrN3O6/c1-37-23-9-8-17(14-25(23)39-3)10-12-32-26(31-22-16-24(38-2)21(30)15-20(22)29(32)36)11-13-33-27(34)18-6-4-5-7-19(18)28(33)35/h4-9,14-16H,10-13H2,1-3H3. The Bertz CT molecular complexity index is 1630. The number of nitrogens with zero attached hydrogens (tertiary/aromatic N) is 3. The lowest BCUT2D eigenvalue weighted by Crippen LogP contribution is -2.34. The first-order chi connectivity index (χ1) is 18.9. The second-order valence-electron chi connectivity index (χ2n) is 8.99. The predicted octanol–water partition coefficient (Wildman–Crippen LogP) is 4.27. The highest BCUT2D eigenvalue weighted by Crippen LogP contribution is 2.30. The Labute approximate surface area is 233 Å². The van der Waals surface area contributed by atoms with E-state index < -0.39 is 0 Å². The van der Waals surface area contributed by atoms with Crippen LogP contribution in [0.5, 0.6) is 17.2 Å². The average Bonchev–Trinajstić information content (AvgIpc) is 3.20. The van der Waals surface area contributed by atoms with Crippen molar-refractivity contribution in [2.45, 2.75) is 19.4 Å². The topological polar surface area (TPSA) is 100.0 Å². The van der Waals surface area contributed by atoms with Gasteiger partial charge in [0.15, 0.2) is 11.5 Å². The summed E-state index contributed by atoms with van der Waals surface area (Å²) in [5, 5.41) is 0.430. The molecule has 39 heavy (non-hydrogen) atoms. The van der Waals surface area contributed by atoms with Gasteiger partial charge in [-0.05, 0) is 58.2 Å². The van der Waals surface area contributed by atoms with Crippen molar-refractivity contribution in [1.29, 1.82) is 0 Å². The smallest absolute Gasteiger partial charge is 0.261 e. The van der Waals surface area contributed by atoms with Gasteiger partial charge in [-0.2, -0.15) is 0 Å². The largest absolute Gasteiger partial charge is 0.495 e. The minimum atomic E-state index is -0.346. The van der Waals surface area contributed by atoms with Gasteiger partial charge in [-0.1, -0.05) is 18.2 Å². The molecule has 0 radical (unpaired) electrons. The molecule has 200 valence electrons. The number of hydrogen-bond donors (Lipinski definition) is 0. The third-order valence-corrected chi connectivity index (χ3v) is 7.44. The van der Waals surface area contributed by atoms with Gasteiger partial charge in [0.05, 0.1) is 47.8 Å². The quantitative estimate of drug-likeness (QED) is 0.268. The van der Waals surface area contributed by atoms with Gasteiger partial charge in [-0.25, -0.2) is 4.98 Å². The van der Waals surface area contributed by atoms with E-state index in [1.807, 2.05) is 18.2 Å². The van der Waals surface area contributed by atoms with Crippen LogP contribution in [0.4, 0.5) is 0 Å². The number of amides is 2. The number of halogens is 1. The number of benzene rings is 3. The molecule has 10 heteroatoms. The Balaban J connectivity index is 1.50. The van der Waals surface area contributed by atoms with Crippen molar-refractivity contribution in [2.75, 3.05) is 27.9 Å². The van der Waals surface area contributed by atoms with E-state index in [-0.39, 0.29) is 30.3 Å². The summed E-state index contributed by atoms with van der Waals surface area (Å²) in [6.45, 7) is 0.423. The first-order valence-electron chi connectivity index (χ1n) is 12.3. The fourth-order valence-corrected chi connectivity index (χ4v) is 5.28. The molecule has 0 fully saturated rings. The molecule has 5 rings (SSSR count). The fourth-order valence-electron chi connectivity index (χ4n) is 4.78. The van der Waals surface area contributed by atoms with Gasteiger partial charge in [0.1, 0.15) is 11.6 Å². The second kappa shape index (κ2) is 10.9. The van der Waals surface area contributed by atoms with E-state index in [0.29, 0.717) is 62.5 Å². The molecule has 9 nitrogen and oxygen atoms in total. The van der Waals surface area contributed by atoms with Gasteiger partial charge in [0.2, 0.25) is 0 Å². The van der Waals surface area contributed by atoms with Crippen molar-refractivity contribution < 1.29 is 23.8 Å². The van der Waals surface area contributed by atoms with Gasteiger partial charge in [-0.3, -0.25) is 23.9 Å². The molecule has 0 saturated carbocycles. The summed E-state index contributed by atoms with van der Waals surface area (Å²) in [5.74, 6) is 1.53. The van der Waals surface area contributed by atoms with Crippen LogP contribution >= 0.6 is 15.9 Å². The predicted molar refractivity (Wildman–Crippen MR) is 149 cm³/mol. The van der Waals surface area contributed by atoms with Crippen LogP contribution in [0.2, 0.25) is 0 Å². The van der Waals surface area contributed by atoms with Crippen LogP contribution in [-0.2, 0) is 19.4 Å². The zero-order chi connectivity index (χ0) is 27.7. The number of methoxy groups -OCH3 is 3. The van der Waals surface area contributed by atoms with E-state index in [2.05, 4.69) is 15.9 Å². The third-order valence-electron chi connectivity index (χ3n) is 6.82. The summed E-state index contributed by atoms with van der Waals surface area (Å²) >= 11 is 3.45. The first kappa shape index (κ1) is 26.4. The molecule has 2 amide bonds. The van der Waals surface area contributed by atoms with Crippen molar-refractivity contribution in [3.63, 3.8) is 0 Å². The molecule has 2 heterocycles. The van der Waals surface area contributed by atoms with Crippen molar-refractivity contribution in [3.05, 3.63) is 91.9 Å². The maximum absolute atomic E-state index is 13.7. The summed E-state index contributed by atoms with van der Waals surface area (Å²) < 4.78 is 18.4. The van der Waals surface area contributed by atoms with Crippen molar-refractivity contribution in [3.8, 4) is 17.2 Å². The van der Waals surface area contributed by atoms with Crippen LogP contribution in [0.1, 0.15) is 32.1 Å². The number of rotatable bonds is 9. The molecule has 0 spiro atoms. The molecular formula is C29H26BrN3O6.